The van der Waals surface area contributed by atoms with Gasteiger partial charge in [0, 0.05) is 12.2 Å². The highest BCUT2D eigenvalue weighted by atomic mass is 19.4. The maximum Gasteiger partial charge on any atom is 0.416 e. The van der Waals surface area contributed by atoms with Gasteiger partial charge in [-0.05, 0) is 48.1 Å². The van der Waals surface area contributed by atoms with Crippen LogP contribution in [0.2, 0.25) is 0 Å². The molecule has 110 valence electrons. The lowest BCUT2D eigenvalue weighted by Gasteiger charge is -2.18. The van der Waals surface area contributed by atoms with Crippen molar-refractivity contribution in [1.82, 2.24) is 0 Å². The van der Waals surface area contributed by atoms with E-state index in [0.29, 0.717) is 12.0 Å². The normalized spacial score (nSPS) is 14.4. The van der Waals surface area contributed by atoms with E-state index in [9.17, 15) is 13.2 Å². The zero-order valence-electron chi connectivity index (χ0n) is 11.5. The van der Waals surface area contributed by atoms with Gasteiger partial charge in [0.1, 0.15) is 0 Å². The summed E-state index contributed by atoms with van der Waals surface area (Å²) in [5.74, 6) is 0. The van der Waals surface area contributed by atoms with E-state index in [1.807, 2.05) is 12.1 Å². The molecule has 0 fully saturated rings. The Morgan fingerprint density at radius 3 is 2.62 bits per heavy atom. The molecule has 1 heterocycles. The average molecular weight is 291 g/mol. The molecular formula is C17H16F3N. The maximum atomic E-state index is 12.7. The van der Waals surface area contributed by atoms with E-state index in [2.05, 4.69) is 11.4 Å². The molecule has 2 aromatic rings. The van der Waals surface area contributed by atoms with Gasteiger partial charge in [0.2, 0.25) is 0 Å². The van der Waals surface area contributed by atoms with Crippen molar-refractivity contribution in [3.05, 3.63) is 64.7 Å². The van der Waals surface area contributed by atoms with Crippen LogP contribution in [0.3, 0.4) is 0 Å². The van der Waals surface area contributed by atoms with Crippen LogP contribution in [-0.2, 0) is 19.0 Å². The van der Waals surface area contributed by atoms with Crippen molar-refractivity contribution in [2.45, 2.75) is 25.4 Å². The van der Waals surface area contributed by atoms with Crippen LogP contribution >= 0.6 is 0 Å². The number of alkyl halides is 3. The van der Waals surface area contributed by atoms with Crippen LogP contribution in [0.25, 0.3) is 0 Å². The summed E-state index contributed by atoms with van der Waals surface area (Å²) in [7, 11) is 0. The Labute approximate surface area is 121 Å². The van der Waals surface area contributed by atoms with Crippen LogP contribution in [0.4, 0.5) is 18.9 Å². The largest absolute Gasteiger partial charge is 0.416 e. The second kappa shape index (κ2) is 5.43. The lowest BCUT2D eigenvalue weighted by molar-refractivity contribution is -0.137. The van der Waals surface area contributed by atoms with E-state index in [4.69, 9.17) is 0 Å². The number of hydrogen-bond donors (Lipinski definition) is 1. The minimum Gasteiger partial charge on any atom is -0.385 e. The second-order valence-corrected chi connectivity index (χ2v) is 5.40. The Balaban J connectivity index is 1.83. The molecule has 3 rings (SSSR count). The Morgan fingerprint density at radius 1 is 1.00 bits per heavy atom. The quantitative estimate of drug-likeness (QED) is 0.849. The molecule has 21 heavy (non-hydrogen) atoms. The Morgan fingerprint density at radius 2 is 1.81 bits per heavy atom. The SMILES string of the molecule is FC(F)(F)c1cccc(Cc2ccc3c(c2)CCCN3)c1. The maximum absolute atomic E-state index is 12.7. The molecule has 1 nitrogen and oxygen atoms in total. The summed E-state index contributed by atoms with van der Waals surface area (Å²) in [6.45, 7) is 0.986. The molecule has 0 radical (unpaired) electrons. The molecule has 0 unspecified atom stereocenters. The topological polar surface area (TPSA) is 12.0 Å². The number of halogens is 3. The minimum absolute atomic E-state index is 0.525. The van der Waals surface area contributed by atoms with Gasteiger partial charge in [-0.25, -0.2) is 0 Å². The Kier molecular flexibility index (Phi) is 3.62. The summed E-state index contributed by atoms with van der Waals surface area (Å²) < 4.78 is 38.2. The van der Waals surface area contributed by atoms with Gasteiger partial charge in [-0.3, -0.25) is 0 Å². The predicted molar refractivity (Wildman–Crippen MR) is 77.5 cm³/mol. The summed E-state index contributed by atoms with van der Waals surface area (Å²) in [6, 6.07) is 11.7. The molecule has 0 spiro atoms. The first kappa shape index (κ1) is 14.0. The number of nitrogens with one attached hydrogen (secondary N) is 1. The fourth-order valence-electron chi connectivity index (χ4n) is 2.73. The van der Waals surface area contributed by atoms with E-state index >= 15 is 0 Å². The summed E-state index contributed by atoms with van der Waals surface area (Å²) in [5.41, 5.74) is 3.56. The van der Waals surface area contributed by atoms with Gasteiger partial charge >= 0.3 is 6.18 Å². The van der Waals surface area contributed by atoms with Gasteiger partial charge in [0.15, 0.2) is 0 Å². The molecule has 4 heteroatoms. The van der Waals surface area contributed by atoms with E-state index in [0.717, 1.165) is 36.7 Å². The minimum atomic E-state index is -4.28. The third-order valence-electron chi connectivity index (χ3n) is 3.77. The van der Waals surface area contributed by atoms with Crippen molar-refractivity contribution in [3.8, 4) is 0 Å². The monoisotopic (exact) mass is 291 g/mol. The van der Waals surface area contributed by atoms with Crippen LogP contribution in [0, 0.1) is 0 Å². The van der Waals surface area contributed by atoms with Gasteiger partial charge in [-0.1, -0.05) is 30.3 Å². The third-order valence-corrected chi connectivity index (χ3v) is 3.77. The Hall–Kier alpha value is -1.97. The van der Waals surface area contributed by atoms with Crippen LogP contribution in [0.5, 0.6) is 0 Å². The van der Waals surface area contributed by atoms with Gasteiger partial charge in [0.05, 0.1) is 5.56 Å². The van der Waals surface area contributed by atoms with Crippen LogP contribution < -0.4 is 5.32 Å². The highest BCUT2D eigenvalue weighted by Gasteiger charge is 2.30. The first-order valence-corrected chi connectivity index (χ1v) is 7.04. The smallest absolute Gasteiger partial charge is 0.385 e. The lowest BCUT2D eigenvalue weighted by atomic mass is 9.97. The summed E-state index contributed by atoms with van der Waals surface area (Å²) in [6.07, 6.45) is -1.63. The first-order chi connectivity index (χ1) is 10.0. The number of rotatable bonds is 2. The first-order valence-electron chi connectivity index (χ1n) is 7.04. The fraction of sp³-hybridized carbons (Fsp3) is 0.294. The van der Waals surface area contributed by atoms with Gasteiger partial charge < -0.3 is 5.32 Å². The standard InChI is InChI=1S/C17H16F3N/c18-17(19,20)15-5-1-3-12(11-15)9-13-6-7-16-14(10-13)4-2-8-21-16/h1,3,5-7,10-11,21H,2,4,8-9H2. The van der Waals surface area contributed by atoms with Crippen LogP contribution in [0.15, 0.2) is 42.5 Å². The second-order valence-electron chi connectivity index (χ2n) is 5.40. The van der Waals surface area contributed by atoms with Gasteiger partial charge in [0.25, 0.3) is 0 Å². The average Bonchev–Trinajstić information content (AvgIpc) is 2.46. The highest BCUT2D eigenvalue weighted by molar-refractivity contribution is 5.54. The molecule has 2 aromatic carbocycles. The summed E-state index contributed by atoms with van der Waals surface area (Å²) >= 11 is 0. The predicted octanol–water partition coefficient (Wildman–Crippen LogP) is 4.65. The molecule has 1 N–H and O–H groups in total. The van der Waals surface area contributed by atoms with E-state index in [1.54, 1.807) is 6.07 Å². The number of aryl methyl sites for hydroxylation is 1. The van der Waals surface area contributed by atoms with Crippen molar-refractivity contribution in [2.24, 2.45) is 0 Å². The van der Waals surface area contributed by atoms with E-state index in [-0.39, 0.29) is 0 Å². The lowest BCUT2D eigenvalue weighted by Crippen LogP contribution is -2.11. The zero-order valence-corrected chi connectivity index (χ0v) is 11.5. The molecular weight excluding hydrogens is 275 g/mol. The van der Waals surface area contributed by atoms with Crippen molar-refractivity contribution in [1.29, 1.82) is 0 Å². The van der Waals surface area contributed by atoms with Crippen LogP contribution in [-0.4, -0.2) is 6.54 Å². The molecule has 1 aliphatic rings. The zero-order chi connectivity index (χ0) is 14.9. The molecule has 0 saturated heterocycles. The molecule has 0 amide bonds. The number of benzene rings is 2. The van der Waals surface area contributed by atoms with Crippen molar-refractivity contribution < 1.29 is 13.2 Å². The van der Waals surface area contributed by atoms with E-state index in [1.165, 1.54) is 17.7 Å². The Bertz CT molecular complexity index is 647. The van der Waals surface area contributed by atoms with Crippen molar-refractivity contribution in [3.63, 3.8) is 0 Å². The number of fused-ring (bicyclic) bond motifs is 1. The highest BCUT2D eigenvalue weighted by Crippen LogP contribution is 2.30. The number of hydrogen-bond acceptors (Lipinski definition) is 1. The number of anilines is 1. The molecule has 0 atom stereocenters. The van der Waals surface area contributed by atoms with Crippen molar-refractivity contribution in [2.75, 3.05) is 11.9 Å². The third kappa shape index (κ3) is 3.20. The van der Waals surface area contributed by atoms with Gasteiger partial charge in [-0.2, -0.15) is 13.2 Å². The van der Waals surface area contributed by atoms with Crippen LogP contribution in [0.1, 0.15) is 28.7 Å². The van der Waals surface area contributed by atoms with E-state index < -0.39 is 11.7 Å². The fourth-order valence-corrected chi connectivity index (χ4v) is 2.73. The molecule has 1 aliphatic heterocycles. The molecule has 0 aliphatic carbocycles. The summed E-state index contributed by atoms with van der Waals surface area (Å²) in [4.78, 5) is 0. The molecule has 0 bridgehead atoms. The van der Waals surface area contributed by atoms with Crippen molar-refractivity contribution >= 4 is 5.69 Å². The molecule has 0 saturated carbocycles. The summed E-state index contributed by atoms with van der Waals surface area (Å²) in [5, 5.41) is 3.33. The molecule has 0 aromatic heterocycles. The van der Waals surface area contributed by atoms with Gasteiger partial charge in [-0.15, -0.1) is 0 Å².